The van der Waals surface area contributed by atoms with Gasteiger partial charge in [0.15, 0.2) is 23.3 Å². The first kappa shape index (κ1) is 16.4. The minimum atomic E-state index is -1.83. The van der Waals surface area contributed by atoms with Crippen molar-refractivity contribution >= 4 is 21.5 Å². The predicted octanol–water partition coefficient (Wildman–Crippen LogP) is 6.23. The van der Waals surface area contributed by atoms with E-state index < -0.39 is 23.3 Å². The van der Waals surface area contributed by atoms with Crippen LogP contribution in [-0.4, -0.2) is 7.11 Å². The van der Waals surface area contributed by atoms with E-state index in [1.54, 1.807) is 18.2 Å². The van der Waals surface area contributed by atoms with E-state index in [4.69, 9.17) is 4.74 Å². The van der Waals surface area contributed by atoms with Gasteiger partial charge in [0, 0.05) is 16.3 Å². The van der Waals surface area contributed by atoms with Gasteiger partial charge in [-0.15, -0.1) is 0 Å². The van der Waals surface area contributed by atoms with Crippen LogP contribution in [0.1, 0.15) is 0 Å². The first-order chi connectivity index (χ1) is 12.5. The van der Waals surface area contributed by atoms with Crippen LogP contribution >= 0.6 is 0 Å². The minimum Gasteiger partial charge on any atom is -0.496 e. The molecule has 0 saturated heterocycles. The molecule has 0 saturated carbocycles. The molecule has 0 aliphatic carbocycles. The van der Waals surface area contributed by atoms with Crippen molar-refractivity contribution in [1.29, 1.82) is 0 Å². The number of rotatable bonds is 2. The maximum Gasteiger partial charge on any atom is 0.198 e. The Hall–Kier alpha value is -3.08. The second kappa shape index (κ2) is 6.02. The van der Waals surface area contributed by atoms with Crippen molar-refractivity contribution in [3.63, 3.8) is 0 Å². The molecule has 0 heterocycles. The first-order valence-electron chi connectivity index (χ1n) is 7.85. The summed E-state index contributed by atoms with van der Waals surface area (Å²) in [6.07, 6.45) is 0. The lowest BCUT2D eigenvalue weighted by Crippen LogP contribution is -2.00. The van der Waals surface area contributed by atoms with Crippen molar-refractivity contribution in [3.05, 3.63) is 77.9 Å². The van der Waals surface area contributed by atoms with Crippen molar-refractivity contribution in [3.8, 4) is 16.9 Å². The SMILES string of the molecule is COc1ccc2ccccc2c1-c1cccc2c(F)c(F)c(F)c(F)c12. The summed E-state index contributed by atoms with van der Waals surface area (Å²) >= 11 is 0. The minimum absolute atomic E-state index is 0.228. The quantitative estimate of drug-likeness (QED) is 0.235. The van der Waals surface area contributed by atoms with E-state index in [0.29, 0.717) is 11.3 Å². The van der Waals surface area contributed by atoms with Crippen LogP contribution in [0.25, 0.3) is 32.7 Å². The molecule has 1 nitrogen and oxygen atoms in total. The monoisotopic (exact) mass is 356 g/mol. The molecule has 0 fully saturated rings. The van der Waals surface area contributed by atoms with E-state index in [9.17, 15) is 17.6 Å². The third-order valence-corrected chi connectivity index (χ3v) is 4.48. The highest BCUT2D eigenvalue weighted by Crippen LogP contribution is 2.42. The second-order valence-corrected chi connectivity index (χ2v) is 5.85. The molecule has 0 aliphatic rings. The Morgan fingerprint density at radius 3 is 2.12 bits per heavy atom. The Labute approximate surface area is 146 Å². The molecule has 0 unspecified atom stereocenters. The fourth-order valence-electron chi connectivity index (χ4n) is 3.30. The highest BCUT2D eigenvalue weighted by atomic mass is 19.2. The normalized spacial score (nSPS) is 11.3. The largest absolute Gasteiger partial charge is 0.496 e. The highest BCUT2D eigenvalue weighted by Gasteiger charge is 2.24. The van der Waals surface area contributed by atoms with Crippen molar-refractivity contribution in [2.45, 2.75) is 0 Å². The van der Waals surface area contributed by atoms with Gasteiger partial charge in [0.1, 0.15) is 5.75 Å². The molecule has 0 aromatic heterocycles. The summed E-state index contributed by atoms with van der Waals surface area (Å²) in [5.41, 5.74) is 0.715. The molecule has 0 N–H and O–H groups in total. The van der Waals surface area contributed by atoms with Crippen LogP contribution in [0.3, 0.4) is 0 Å². The van der Waals surface area contributed by atoms with Crippen LogP contribution < -0.4 is 4.74 Å². The third-order valence-electron chi connectivity index (χ3n) is 4.48. The second-order valence-electron chi connectivity index (χ2n) is 5.85. The van der Waals surface area contributed by atoms with Gasteiger partial charge in [0.05, 0.1) is 7.11 Å². The molecule has 130 valence electrons. The van der Waals surface area contributed by atoms with Gasteiger partial charge < -0.3 is 4.74 Å². The molecule has 4 aromatic carbocycles. The average molecular weight is 356 g/mol. The van der Waals surface area contributed by atoms with Gasteiger partial charge in [-0.25, -0.2) is 17.6 Å². The van der Waals surface area contributed by atoms with Crippen LogP contribution in [-0.2, 0) is 0 Å². The van der Waals surface area contributed by atoms with Crippen molar-refractivity contribution in [2.24, 2.45) is 0 Å². The van der Waals surface area contributed by atoms with E-state index in [1.165, 1.54) is 25.3 Å². The van der Waals surface area contributed by atoms with Gasteiger partial charge in [0.25, 0.3) is 0 Å². The molecule has 5 heteroatoms. The molecule has 4 aromatic rings. The van der Waals surface area contributed by atoms with E-state index in [-0.39, 0.29) is 16.3 Å². The van der Waals surface area contributed by atoms with Gasteiger partial charge in [-0.05, 0) is 22.4 Å². The zero-order valence-electron chi connectivity index (χ0n) is 13.6. The van der Waals surface area contributed by atoms with Gasteiger partial charge in [0.2, 0.25) is 0 Å². The van der Waals surface area contributed by atoms with Crippen LogP contribution in [0.5, 0.6) is 5.75 Å². The average Bonchev–Trinajstić information content (AvgIpc) is 2.69. The number of fused-ring (bicyclic) bond motifs is 2. The molecule has 0 aliphatic heterocycles. The molecule has 0 amide bonds. The molecule has 26 heavy (non-hydrogen) atoms. The number of benzene rings is 4. The van der Waals surface area contributed by atoms with E-state index in [0.717, 1.165) is 10.8 Å². The summed E-state index contributed by atoms with van der Waals surface area (Å²) < 4.78 is 61.7. The van der Waals surface area contributed by atoms with E-state index >= 15 is 0 Å². The molecule has 0 radical (unpaired) electrons. The lowest BCUT2D eigenvalue weighted by molar-refractivity contribution is 0.416. The van der Waals surface area contributed by atoms with Crippen LogP contribution in [0.15, 0.2) is 54.6 Å². The fraction of sp³-hybridized carbons (Fsp3) is 0.0476. The number of ether oxygens (including phenoxy) is 1. The molecular weight excluding hydrogens is 344 g/mol. The van der Waals surface area contributed by atoms with Gasteiger partial charge in [-0.3, -0.25) is 0 Å². The lowest BCUT2D eigenvalue weighted by Gasteiger charge is -2.15. The van der Waals surface area contributed by atoms with Crippen LogP contribution in [0.2, 0.25) is 0 Å². The summed E-state index contributed by atoms with van der Waals surface area (Å²) in [6, 6.07) is 15.1. The fourth-order valence-corrected chi connectivity index (χ4v) is 3.30. The summed E-state index contributed by atoms with van der Waals surface area (Å²) in [6.45, 7) is 0. The van der Waals surface area contributed by atoms with Gasteiger partial charge in [-0.2, -0.15) is 0 Å². The van der Waals surface area contributed by atoms with Crippen LogP contribution in [0.4, 0.5) is 17.6 Å². The molecular formula is C21H12F4O. The lowest BCUT2D eigenvalue weighted by atomic mass is 9.92. The van der Waals surface area contributed by atoms with Crippen molar-refractivity contribution < 1.29 is 22.3 Å². The molecule has 0 spiro atoms. The Kier molecular flexibility index (Phi) is 3.80. The predicted molar refractivity (Wildman–Crippen MR) is 93.3 cm³/mol. The zero-order valence-corrected chi connectivity index (χ0v) is 13.6. The Balaban J connectivity index is 2.23. The Morgan fingerprint density at radius 2 is 1.35 bits per heavy atom. The van der Waals surface area contributed by atoms with Crippen molar-refractivity contribution in [2.75, 3.05) is 7.11 Å². The van der Waals surface area contributed by atoms with E-state index in [1.807, 2.05) is 18.2 Å². The molecule has 4 rings (SSSR count). The first-order valence-corrected chi connectivity index (χ1v) is 7.85. The van der Waals surface area contributed by atoms with Crippen LogP contribution in [0, 0.1) is 23.3 Å². The maximum atomic E-state index is 14.6. The van der Waals surface area contributed by atoms with Gasteiger partial charge >= 0.3 is 0 Å². The van der Waals surface area contributed by atoms with Crippen molar-refractivity contribution in [1.82, 2.24) is 0 Å². The standard InChI is InChI=1S/C21H12F4O/c1-26-15-10-9-11-5-2-3-6-12(11)16(15)13-7-4-8-14-17(13)19(23)21(25)20(24)18(14)22/h2-10H,1H3. The topological polar surface area (TPSA) is 9.23 Å². The molecule has 0 bridgehead atoms. The van der Waals surface area contributed by atoms with Gasteiger partial charge in [-0.1, -0.05) is 48.5 Å². The Bertz CT molecular complexity index is 1170. The smallest absolute Gasteiger partial charge is 0.198 e. The highest BCUT2D eigenvalue weighted by molar-refractivity contribution is 6.08. The summed E-state index contributed by atoms with van der Waals surface area (Å²) in [7, 11) is 1.45. The Morgan fingerprint density at radius 1 is 0.654 bits per heavy atom. The number of halogens is 4. The third kappa shape index (κ3) is 2.24. The number of hydrogen-bond donors (Lipinski definition) is 0. The molecule has 0 atom stereocenters. The zero-order chi connectivity index (χ0) is 18.4. The summed E-state index contributed by atoms with van der Waals surface area (Å²) in [5.74, 6) is -6.08. The van der Waals surface area contributed by atoms with E-state index in [2.05, 4.69) is 0 Å². The summed E-state index contributed by atoms with van der Waals surface area (Å²) in [4.78, 5) is 0. The summed E-state index contributed by atoms with van der Waals surface area (Å²) in [5, 5.41) is 0.931. The maximum absolute atomic E-state index is 14.6. The number of hydrogen-bond acceptors (Lipinski definition) is 1. The number of methoxy groups -OCH3 is 1.